The van der Waals surface area contributed by atoms with E-state index in [-0.39, 0.29) is 0 Å². The Morgan fingerprint density at radius 1 is 0.947 bits per heavy atom. The molecule has 0 amide bonds. The summed E-state index contributed by atoms with van der Waals surface area (Å²) in [6, 6.07) is 0. The summed E-state index contributed by atoms with van der Waals surface area (Å²) in [5.41, 5.74) is -0.686. The maximum atomic E-state index is 10.1. The van der Waals surface area contributed by atoms with Crippen LogP contribution in [0.25, 0.3) is 0 Å². The van der Waals surface area contributed by atoms with Crippen LogP contribution in [-0.4, -0.2) is 52.8 Å². The molecule has 3 atom stereocenters. The van der Waals surface area contributed by atoms with Crippen molar-refractivity contribution >= 4 is 9.53 Å². The summed E-state index contributed by atoms with van der Waals surface area (Å²) in [7, 11) is 3.05. The molecule has 5 nitrogen and oxygen atoms in total. The molecular weight excluding hydrogens is 264 g/mol. The second-order valence-corrected chi connectivity index (χ2v) is 8.14. The molecule has 0 aromatic rings. The Balaban J connectivity index is 0.000000167. The number of aliphatic hydroxyl groups is 2. The van der Waals surface area contributed by atoms with Crippen LogP contribution >= 0.6 is 0 Å². The lowest BCUT2D eigenvalue weighted by Crippen LogP contribution is -2.60. The lowest BCUT2D eigenvalue weighted by molar-refractivity contribution is -0.203. The minimum absolute atomic E-state index is 0.412. The van der Waals surface area contributed by atoms with E-state index in [0.717, 1.165) is 24.7 Å². The van der Waals surface area contributed by atoms with Gasteiger partial charge in [-0.25, -0.2) is 0 Å². The molecule has 4 saturated carbocycles. The Hall–Kier alpha value is 0.0169. The highest BCUT2D eigenvalue weighted by molar-refractivity contribution is 6.36. The minimum atomic E-state index is -1.67. The Morgan fingerprint density at radius 2 is 1.42 bits per heavy atom. The predicted molar refractivity (Wildman–Crippen MR) is 72.7 cm³/mol. The molecule has 4 aliphatic rings. The van der Waals surface area contributed by atoms with Crippen LogP contribution in [0.4, 0.5) is 0 Å². The van der Waals surface area contributed by atoms with Crippen molar-refractivity contribution < 1.29 is 23.5 Å². The summed E-state index contributed by atoms with van der Waals surface area (Å²) < 4.78 is 14.2. The summed E-state index contributed by atoms with van der Waals surface area (Å²) in [4.78, 5) is 0. The third kappa shape index (κ3) is 3.20. The lowest BCUT2D eigenvalue weighted by atomic mass is 9.53. The van der Waals surface area contributed by atoms with Crippen molar-refractivity contribution in [1.29, 1.82) is 0 Å². The maximum Gasteiger partial charge on any atom is 0.483 e. The molecular formula is C13H26O5Si. The molecule has 6 heteroatoms. The minimum Gasteiger partial charge on any atom is -0.390 e. The van der Waals surface area contributed by atoms with Gasteiger partial charge in [0.2, 0.25) is 0 Å². The van der Waals surface area contributed by atoms with Gasteiger partial charge in [0.15, 0.2) is 0 Å². The van der Waals surface area contributed by atoms with Crippen LogP contribution in [0.5, 0.6) is 0 Å². The van der Waals surface area contributed by atoms with Gasteiger partial charge in [0.25, 0.3) is 0 Å². The predicted octanol–water partition coefficient (Wildman–Crippen LogP) is 0.561. The number of rotatable bonds is 3. The first-order valence-electron chi connectivity index (χ1n) is 7.01. The fourth-order valence-corrected chi connectivity index (χ4v) is 4.84. The van der Waals surface area contributed by atoms with Gasteiger partial charge in [0.1, 0.15) is 0 Å². The van der Waals surface area contributed by atoms with Crippen LogP contribution in [0.15, 0.2) is 0 Å². The topological polar surface area (TPSA) is 68.2 Å². The normalized spacial score (nSPS) is 43.3. The molecule has 0 aliphatic heterocycles. The summed E-state index contributed by atoms with van der Waals surface area (Å²) >= 11 is 0. The summed E-state index contributed by atoms with van der Waals surface area (Å²) in [5, 5.41) is 20.0. The van der Waals surface area contributed by atoms with Crippen molar-refractivity contribution in [3.8, 4) is 0 Å². The van der Waals surface area contributed by atoms with Gasteiger partial charge in [0, 0.05) is 21.3 Å². The van der Waals surface area contributed by atoms with Crippen LogP contribution in [0.3, 0.4) is 0 Å². The molecule has 2 N–H and O–H groups in total. The van der Waals surface area contributed by atoms with Gasteiger partial charge in [-0.3, -0.25) is 0 Å². The van der Waals surface area contributed by atoms with Gasteiger partial charge in [-0.1, -0.05) is 0 Å². The van der Waals surface area contributed by atoms with E-state index in [4.69, 9.17) is 13.3 Å². The van der Waals surface area contributed by atoms with E-state index < -0.39 is 21.2 Å². The second-order valence-electron chi connectivity index (χ2n) is 6.15. The Morgan fingerprint density at radius 3 is 1.74 bits per heavy atom. The van der Waals surface area contributed by atoms with Crippen LogP contribution in [0.1, 0.15) is 32.1 Å². The van der Waals surface area contributed by atoms with E-state index in [9.17, 15) is 10.2 Å². The smallest absolute Gasteiger partial charge is 0.390 e. The standard InChI is InChI=1S/C10H16O2.C3H10O3Si/c11-9-8-2-6-1-7(3-8)5-10(9,12)4-6;1-4-7(5-2)6-3/h6-9,11-12H,1-5H2;7H,1-3H3. The Bertz CT molecular complexity index is 277. The van der Waals surface area contributed by atoms with Gasteiger partial charge < -0.3 is 23.5 Å². The lowest BCUT2D eigenvalue weighted by Gasteiger charge is -2.57. The molecule has 0 aromatic carbocycles. The largest absolute Gasteiger partial charge is 0.483 e. The van der Waals surface area contributed by atoms with Gasteiger partial charge in [0.05, 0.1) is 11.7 Å². The second kappa shape index (κ2) is 6.20. The van der Waals surface area contributed by atoms with E-state index in [1.165, 1.54) is 19.3 Å². The number of hydrogen-bond acceptors (Lipinski definition) is 5. The van der Waals surface area contributed by atoms with Crippen molar-refractivity contribution in [2.75, 3.05) is 21.3 Å². The van der Waals surface area contributed by atoms with Crippen LogP contribution < -0.4 is 0 Å². The number of aliphatic hydroxyl groups excluding tert-OH is 1. The van der Waals surface area contributed by atoms with Crippen LogP contribution in [-0.2, 0) is 13.3 Å². The van der Waals surface area contributed by atoms with E-state index in [0.29, 0.717) is 5.92 Å². The molecule has 0 spiro atoms. The first kappa shape index (κ1) is 15.4. The van der Waals surface area contributed by atoms with Crippen molar-refractivity contribution in [2.24, 2.45) is 17.8 Å². The van der Waals surface area contributed by atoms with E-state index in [1.807, 2.05) is 0 Å². The molecule has 4 rings (SSSR count). The molecule has 4 fully saturated rings. The molecule has 0 heterocycles. The molecule has 19 heavy (non-hydrogen) atoms. The SMILES string of the molecule is CO[SiH](OC)OC.OC1C2CC3CC(C2)CC1(O)C3. The first-order chi connectivity index (χ1) is 9.02. The van der Waals surface area contributed by atoms with Crippen LogP contribution in [0, 0.1) is 17.8 Å². The average molecular weight is 290 g/mol. The average Bonchev–Trinajstić information content (AvgIpc) is 2.37. The van der Waals surface area contributed by atoms with E-state index in [1.54, 1.807) is 21.3 Å². The zero-order valence-corrected chi connectivity index (χ0v) is 13.2. The summed E-state index contributed by atoms with van der Waals surface area (Å²) in [5.74, 6) is 1.85. The first-order valence-corrected chi connectivity index (χ1v) is 8.42. The highest BCUT2D eigenvalue weighted by atomic mass is 28.3. The fourth-order valence-electron chi connectivity index (χ4n) is 4.26. The molecule has 0 aromatic heterocycles. The molecule has 3 unspecified atom stereocenters. The van der Waals surface area contributed by atoms with Crippen LogP contribution in [0.2, 0.25) is 0 Å². The molecule has 0 saturated heterocycles. The van der Waals surface area contributed by atoms with E-state index >= 15 is 0 Å². The highest BCUT2D eigenvalue weighted by Gasteiger charge is 2.55. The number of hydrogen-bond donors (Lipinski definition) is 2. The fraction of sp³-hybridized carbons (Fsp3) is 1.00. The molecule has 0 radical (unpaired) electrons. The van der Waals surface area contributed by atoms with E-state index in [2.05, 4.69) is 0 Å². The van der Waals surface area contributed by atoms with Crippen molar-refractivity contribution in [1.82, 2.24) is 0 Å². The van der Waals surface area contributed by atoms with Crippen molar-refractivity contribution in [3.63, 3.8) is 0 Å². The highest BCUT2D eigenvalue weighted by Crippen LogP contribution is 2.55. The van der Waals surface area contributed by atoms with Gasteiger partial charge >= 0.3 is 9.53 Å². The van der Waals surface area contributed by atoms with Gasteiger partial charge in [-0.05, 0) is 49.9 Å². The summed E-state index contributed by atoms with van der Waals surface area (Å²) in [6.07, 6.45) is 4.96. The molecule has 4 aliphatic carbocycles. The Kier molecular flexibility index (Phi) is 5.02. The van der Waals surface area contributed by atoms with Gasteiger partial charge in [-0.2, -0.15) is 0 Å². The zero-order valence-electron chi connectivity index (χ0n) is 12.0. The maximum absolute atomic E-state index is 10.1. The monoisotopic (exact) mass is 290 g/mol. The third-order valence-corrected chi connectivity index (χ3v) is 5.95. The summed E-state index contributed by atoms with van der Waals surface area (Å²) in [6.45, 7) is 0. The van der Waals surface area contributed by atoms with Crippen molar-refractivity contribution in [2.45, 2.75) is 43.8 Å². The van der Waals surface area contributed by atoms with Crippen molar-refractivity contribution in [3.05, 3.63) is 0 Å². The molecule has 112 valence electrons. The molecule has 4 bridgehead atoms. The Labute approximate surface area is 116 Å². The quantitative estimate of drug-likeness (QED) is 0.744. The third-order valence-electron chi connectivity index (χ3n) is 4.80. The van der Waals surface area contributed by atoms with Gasteiger partial charge in [-0.15, -0.1) is 0 Å². The zero-order chi connectivity index (χ0) is 14.0.